The fraction of sp³-hybridized carbons (Fsp3) is 1.00. The van der Waals surface area contributed by atoms with E-state index >= 15 is 0 Å². The molecule has 2 saturated heterocycles. The summed E-state index contributed by atoms with van der Waals surface area (Å²) >= 11 is 2.15. The molecule has 1 aliphatic carbocycles. The van der Waals surface area contributed by atoms with Crippen molar-refractivity contribution in [3.8, 4) is 0 Å². The van der Waals surface area contributed by atoms with Crippen LogP contribution in [0.5, 0.6) is 0 Å². The highest BCUT2D eigenvalue weighted by Crippen LogP contribution is 2.46. The highest BCUT2D eigenvalue weighted by atomic mass is 127. The van der Waals surface area contributed by atoms with Gasteiger partial charge >= 0.3 is 0 Å². The van der Waals surface area contributed by atoms with E-state index in [4.69, 9.17) is 10.5 Å². The maximum atomic E-state index is 6.05. The highest BCUT2D eigenvalue weighted by Gasteiger charge is 2.47. The lowest BCUT2D eigenvalue weighted by atomic mass is 10.0. The number of hydrogen-bond donors (Lipinski definition) is 1. The molecule has 2 aliphatic heterocycles. The topological polar surface area (TPSA) is 38.5 Å². The fourth-order valence-corrected chi connectivity index (χ4v) is 2.91. The van der Waals surface area contributed by atoms with Crippen LogP contribution in [0.3, 0.4) is 0 Å². The van der Waals surface area contributed by atoms with Crippen molar-refractivity contribution in [2.24, 2.45) is 17.6 Å². The van der Waals surface area contributed by atoms with E-state index in [1.807, 2.05) is 4.93 Å². The summed E-state index contributed by atoms with van der Waals surface area (Å²) in [6, 6.07) is 0.868. The number of nitrogens with two attached hydrogens (primary N) is 1. The van der Waals surface area contributed by atoms with Crippen LogP contribution in [-0.4, -0.2) is 48.2 Å². The van der Waals surface area contributed by atoms with Crippen LogP contribution in [-0.2, 0) is 4.74 Å². The zero-order chi connectivity index (χ0) is 10.8. The van der Waals surface area contributed by atoms with Gasteiger partial charge in [-0.05, 0) is 29.6 Å². The molecule has 4 atom stereocenters. The van der Waals surface area contributed by atoms with Gasteiger partial charge in [-0.2, -0.15) is 0 Å². The molecule has 3 rings (SSSR count). The molecule has 0 amide bonds. The number of alkyl halides is 1. The van der Waals surface area contributed by atoms with Crippen LogP contribution in [0, 0.1) is 11.8 Å². The third-order valence-electron chi connectivity index (χ3n) is 3.84. The predicted octanol–water partition coefficient (Wildman–Crippen LogP) is 1.11. The second-order valence-corrected chi connectivity index (χ2v) is 4.80. The number of likely N-dealkylation sites (tertiary alicyclic amines) is 1. The van der Waals surface area contributed by atoms with Crippen molar-refractivity contribution in [2.45, 2.75) is 24.9 Å². The third-order valence-corrected chi connectivity index (χ3v) is 3.84. The molecule has 2 N–H and O–H groups in total. The second-order valence-electron chi connectivity index (χ2n) is 4.80. The molecule has 0 radical (unpaired) electrons. The first kappa shape index (κ1) is 12.1. The van der Waals surface area contributed by atoms with Gasteiger partial charge in [-0.1, -0.05) is 22.6 Å². The number of piperidine rings is 1. The smallest absolute Gasteiger partial charge is 0.0632 e. The summed E-state index contributed by atoms with van der Waals surface area (Å²) in [5, 5.41) is 0. The monoisotopic (exact) mass is 324 g/mol. The second kappa shape index (κ2) is 5.29. The van der Waals surface area contributed by atoms with Crippen molar-refractivity contribution in [2.75, 3.05) is 31.2 Å². The van der Waals surface area contributed by atoms with E-state index in [2.05, 4.69) is 27.5 Å². The lowest BCUT2D eigenvalue weighted by molar-refractivity contribution is 0.0220. The van der Waals surface area contributed by atoms with Gasteiger partial charge in [0.15, 0.2) is 0 Å². The summed E-state index contributed by atoms with van der Waals surface area (Å²) in [7, 11) is 0. The predicted molar refractivity (Wildman–Crippen MR) is 70.3 cm³/mol. The molecule has 0 aromatic carbocycles. The quantitative estimate of drug-likeness (QED) is 0.580. The van der Waals surface area contributed by atoms with E-state index in [0.29, 0.717) is 6.04 Å². The Balaban J connectivity index is 0.000000404. The van der Waals surface area contributed by atoms with Crippen LogP contribution in [0.4, 0.5) is 0 Å². The molecule has 0 aromatic heterocycles. The van der Waals surface area contributed by atoms with E-state index in [9.17, 15) is 0 Å². The molecule has 0 aromatic rings. The summed E-state index contributed by atoms with van der Waals surface area (Å²) in [4.78, 5) is 4.57. The Morgan fingerprint density at radius 2 is 1.93 bits per heavy atom. The normalized spacial score (nSPS) is 44.2. The fourth-order valence-electron chi connectivity index (χ4n) is 2.91. The van der Waals surface area contributed by atoms with Crippen LogP contribution in [0.15, 0.2) is 0 Å². The van der Waals surface area contributed by atoms with Gasteiger partial charge in [0.2, 0.25) is 0 Å². The lowest BCUT2D eigenvalue weighted by Crippen LogP contribution is -2.52. The molecule has 2 heterocycles. The molecule has 4 heteroatoms. The van der Waals surface area contributed by atoms with Gasteiger partial charge in [0, 0.05) is 31.8 Å². The van der Waals surface area contributed by atoms with Crippen molar-refractivity contribution in [3.63, 3.8) is 0 Å². The van der Waals surface area contributed by atoms with Gasteiger partial charge in [-0.25, -0.2) is 0 Å². The van der Waals surface area contributed by atoms with Crippen molar-refractivity contribution in [1.82, 2.24) is 4.90 Å². The van der Waals surface area contributed by atoms with Gasteiger partial charge in [0.05, 0.1) is 6.61 Å². The molecular formula is C11H21IN2O. The van der Waals surface area contributed by atoms with Gasteiger partial charge in [-0.3, -0.25) is 4.90 Å². The minimum atomic E-state index is 0.256. The molecule has 1 saturated carbocycles. The van der Waals surface area contributed by atoms with Crippen LogP contribution in [0.2, 0.25) is 0 Å². The van der Waals surface area contributed by atoms with Gasteiger partial charge < -0.3 is 10.5 Å². The minimum absolute atomic E-state index is 0.256. The lowest BCUT2D eigenvalue weighted by Gasteiger charge is -2.36. The molecule has 0 unspecified atom stereocenters. The van der Waals surface area contributed by atoms with E-state index in [-0.39, 0.29) is 6.04 Å². The Hall–Kier alpha value is 0.610. The largest absolute Gasteiger partial charge is 0.380 e. The standard InChI is InChI=1S/C10H18N2O.CH3I/c11-9-6-13-2-1-10(9)12-4-7-3-8(7)5-12;1-2/h7-10H,1-6,11H2;1H3/t7-,8+,9-,10-;/m1./s1. The number of ether oxygens (including phenoxy) is 1. The van der Waals surface area contributed by atoms with Crippen molar-refractivity contribution >= 4 is 22.6 Å². The number of hydrogen-bond acceptors (Lipinski definition) is 3. The van der Waals surface area contributed by atoms with Crippen LogP contribution in [0.25, 0.3) is 0 Å². The van der Waals surface area contributed by atoms with Crippen LogP contribution >= 0.6 is 22.6 Å². The van der Waals surface area contributed by atoms with E-state index in [0.717, 1.165) is 31.5 Å². The first-order chi connectivity index (χ1) is 7.34. The average Bonchev–Trinajstić information content (AvgIpc) is 2.89. The first-order valence-corrected chi connectivity index (χ1v) is 7.95. The Bertz CT molecular complexity index is 205. The third kappa shape index (κ3) is 2.65. The summed E-state index contributed by atoms with van der Waals surface area (Å²) in [6.45, 7) is 4.28. The SMILES string of the molecule is CI.N[C@@H]1COCC[C@H]1N1C[C@H]2C[C@H]2C1. The summed E-state index contributed by atoms with van der Waals surface area (Å²) in [5.74, 6) is 2.05. The van der Waals surface area contributed by atoms with Crippen molar-refractivity contribution in [1.29, 1.82) is 0 Å². The summed E-state index contributed by atoms with van der Waals surface area (Å²) < 4.78 is 5.36. The zero-order valence-electron chi connectivity index (χ0n) is 9.36. The highest BCUT2D eigenvalue weighted by molar-refractivity contribution is 14.1. The molecule has 3 nitrogen and oxygen atoms in total. The number of rotatable bonds is 1. The summed E-state index contributed by atoms with van der Waals surface area (Å²) in [6.07, 6.45) is 2.62. The number of fused-ring (bicyclic) bond motifs is 1. The molecule has 3 aliphatic rings. The molecule has 3 fully saturated rings. The Morgan fingerprint density at radius 3 is 2.53 bits per heavy atom. The number of halogens is 1. The van der Waals surface area contributed by atoms with E-state index in [1.165, 1.54) is 19.5 Å². The number of nitrogens with zero attached hydrogens (tertiary/aromatic N) is 1. The van der Waals surface area contributed by atoms with E-state index < -0.39 is 0 Å². The summed E-state index contributed by atoms with van der Waals surface area (Å²) in [5.41, 5.74) is 6.05. The molecule has 88 valence electrons. The molecular weight excluding hydrogens is 303 g/mol. The van der Waals surface area contributed by atoms with Gasteiger partial charge in [0.1, 0.15) is 0 Å². The Morgan fingerprint density at radius 1 is 1.27 bits per heavy atom. The van der Waals surface area contributed by atoms with Gasteiger partial charge in [-0.15, -0.1) is 0 Å². The van der Waals surface area contributed by atoms with Crippen LogP contribution in [0.1, 0.15) is 12.8 Å². The maximum absolute atomic E-state index is 6.05. The van der Waals surface area contributed by atoms with E-state index in [1.54, 1.807) is 0 Å². The Labute approximate surface area is 106 Å². The molecule has 15 heavy (non-hydrogen) atoms. The maximum Gasteiger partial charge on any atom is 0.0632 e. The molecule has 0 spiro atoms. The van der Waals surface area contributed by atoms with Crippen LogP contribution < -0.4 is 5.73 Å². The zero-order valence-corrected chi connectivity index (χ0v) is 11.5. The minimum Gasteiger partial charge on any atom is -0.380 e. The van der Waals surface area contributed by atoms with Crippen molar-refractivity contribution < 1.29 is 4.74 Å². The first-order valence-electron chi connectivity index (χ1n) is 5.80. The van der Waals surface area contributed by atoms with Crippen molar-refractivity contribution in [3.05, 3.63) is 0 Å². The molecule has 0 bridgehead atoms. The van der Waals surface area contributed by atoms with Gasteiger partial charge in [0.25, 0.3) is 0 Å². The average molecular weight is 324 g/mol. The Kier molecular flexibility index (Phi) is 4.26.